The van der Waals surface area contributed by atoms with Gasteiger partial charge in [0.05, 0.1) is 11.4 Å². The monoisotopic (exact) mass is 393 g/mol. The van der Waals surface area contributed by atoms with Gasteiger partial charge in [-0.1, -0.05) is 29.3 Å². The van der Waals surface area contributed by atoms with E-state index in [1.807, 2.05) is 17.5 Å². The first-order chi connectivity index (χ1) is 12.0. The van der Waals surface area contributed by atoms with Crippen LogP contribution in [0.4, 0.5) is 0 Å². The summed E-state index contributed by atoms with van der Waals surface area (Å²) in [5, 5.41) is 9.79. The zero-order valence-corrected chi connectivity index (χ0v) is 15.2. The molecule has 0 atom stereocenters. The summed E-state index contributed by atoms with van der Waals surface area (Å²) in [4.78, 5) is 25.1. The summed E-state index contributed by atoms with van der Waals surface area (Å²) in [5.74, 6) is -0.313. The molecule has 128 valence electrons. The third-order valence-corrected chi connectivity index (χ3v) is 4.70. The molecule has 0 fully saturated rings. The summed E-state index contributed by atoms with van der Waals surface area (Å²) in [5.41, 5.74) is 0.869. The van der Waals surface area contributed by atoms with Crippen LogP contribution < -0.4 is 10.9 Å². The Balaban J connectivity index is 1.66. The van der Waals surface area contributed by atoms with Crippen molar-refractivity contribution in [2.75, 3.05) is 6.54 Å². The molecule has 0 aliphatic rings. The molecule has 3 rings (SSSR count). The van der Waals surface area contributed by atoms with E-state index in [0.717, 1.165) is 10.6 Å². The summed E-state index contributed by atoms with van der Waals surface area (Å²) < 4.78 is 1.33. The molecule has 2 aromatic heterocycles. The number of halogens is 2. The normalized spacial score (nSPS) is 10.6. The molecule has 5 nitrogen and oxygen atoms in total. The second kappa shape index (κ2) is 7.82. The number of hydrogen-bond donors (Lipinski definition) is 1. The summed E-state index contributed by atoms with van der Waals surface area (Å²) in [6, 6.07) is 11.6. The van der Waals surface area contributed by atoms with Gasteiger partial charge in [0, 0.05) is 28.2 Å². The molecular weight excluding hydrogens is 381 g/mol. The summed E-state index contributed by atoms with van der Waals surface area (Å²) in [6.45, 7) is 0.516. The molecule has 2 heterocycles. The van der Waals surface area contributed by atoms with E-state index in [1.165, 1.54) is 22.9 Å². The molecule has 0 radical (unpaired) electrons. The maximum absolute atomic E-state index is 12.1. The number of benzene rings is 1. The minimum atomic E-state index is -0.313. The van der Waals surface area contributed by atoms with Gasteiger partial charge in [-0.05, 0) is 35.7 Å². The number of nitrogens with one attached hydrogen (secondary N) is 1. The van der Waals surface area contributed by atoms with E-state index in [4.69, 9.17) is 23.2 Å². The first kappa shape index (κ1) is 17.7. The molecule has 1 amide bonds. The van der Waals surface area contributed by atoms with Gasteiger partial charge in [0.25, 0.3) is 11.5 Å². The topological polar surface area (TPSA) is 64.0 Å². The lowest BCUT2D eigenvalue weighted by molar-refractivity contribution is 0.0951. The van der Waals surface area contributed by atoms with Crippen molar-refractivity contribution in [3.8, 4) is 10.6 Å². The van der Waals surface area contributed by atoms with Crippen LogP contribution in [0, 0.1) is 0 Å². The molecule has 0 bridgehead atoms. The molecule has 0 aliphatic heterocycles. The van der Waals surface area contributed by atoms with Gasteiger partial charge in [-0.15, -0.1) is 11.3 Å². The van der Waals surface area contributed by atoms with E-state index in [-0.39, 0.29) is 24.6 Å². The van der Waals surface area contributed by atoms with E-state index < -0.39 is 0 Å². The van der Waals surface area contributed by atoms with Gasteiger partial charge < -0.3 is 5.32 Å². The van der Waals surface area contributed by atoms with Crippen LogP contribution in [0.5, 0.6) is 0 Å². The second-order valence-corrected chi connectivity index (χ2v) is 6.99. The largest absolute Gasteiger partial charge is 0.350 e. The number of aromatic nitrogens is 2. The maximum atomic E-state index is 12.1. The van der Waals surface area contributed by atoms with Gasteiger partial charge in [-0.25, -0.2) is 4.68 Å². The van der Waals surface area contributed by atoms with E-state index in [1.54, 1.807) is 23.5 Å². The lowest BCUT2D eigenvalue weighted by atomic mass is 10.2. The van der Waals surface area contributed by atoms with Crippen LogP contribution in [0.1, 0.15) is 10.4 Å². The summed E-state index contributed by atoms with van der Waals surface area (Å²) in [6.07, 6.45) is 0. The highest BCUT2D eigenvalue weighted by Gasteiger charge is 2.08. The Bertz CT molecular complexity index is 935. The van der Waals surface area contributed by atoms with Gasteiger partial charge in [0.15, 0.2) is 0 Å². The SMILES string of the molecule is O=C(NCCn1nc(-c2cccs2)ccc1=O)c1cc(Cl)cc(Cl)c1. The van der Waals surface area contributed by atoms with E-state index in [0.29, 0.717) is 15.6 Å². The number of carbonyl (C=O) groups is 1. The third-order valence-electron chi connectivity index (χ3n) is 3.37. The van der Waals surface area contributed by atoms with Crippen LogP contribution in [0.3, 0.4) is 0 Å². The lowest BCUT2D eigenvalue weighted by Gasteiger charge is -2.08. The average molecular weight is 394 g/mol. The van der Waals surface area contributed by atoms with Gasteiger partial charge in [-0.3, -0.25) is 9.59 Å². The highest BCUT2D eigenvalue weighted by Crippen LogP contribution is 2.21. The van der Waals surface area contributed by atoms with Crippen LogP contribution in [-0.2, 0) is 6.54 Å². The fourth-order valence-electron chi connectivity index (χ4n) is 2.23. The average Bonchev–Trinajstić information content (AvgIpc) is 3.10. The molecule has 25 heavy (non-hydrogen) atoms. The van der Waals surface area contributed by atoms with E-state index in [9.17, 15) is 9.59 Å². The Kier molecular flexibility index (Phi) is 5.53. The number of nitrogens with zero attached hydrogens (tertiary/aromatic N) is 2. The Labute approximate surface area is 157 Å². The molecule has 0 saturated heterocycles. The minimum Gasteiger partial charge on any atom is -0.350 e. The second-order valence-electron chi connectivity index (χ2n) is 5.17. The van der Waals surface area contributed by atoms with Crippen LogP contribution >= 0.6 is 34.5 Å². The fourth-order valence-corrected chi connectivity index (χ4v) is 3.44. The van der Waals surface area contributed by atoms with Gasteiger partial charge >= 0.3 is 0 Å². The Hall–Kier alpha value is -2.15. The van der Waals surface area contributed by atoms with Crippen LogP contribution in [0.25, 0.3) is 10.6 Å². The van der Waals surface area contributed by atoms with E-state index >= 15 is 0 Å². The van der Waals surface area contributed by atoms with Crippen molar-refractivity contribution in [3.05, 3.63) is 73.8 Å². The number of thiophene rings is 1. The van der Waals surface area contributed by atoms with Gasteiger partial charge in [0.1, 0.15) is 5.69 Å². The van der Waals surface area contributed by atoms with Crippen molar-refractivity contribution in [2.45, 2.75) is 6.54 Å². The molecule has 8 heteroatoms. The standard InChI is InChI=1S/C17H13Cl2N3O2S/c18-12-8-11(9-13(19)10-12)17(24)20-5-6-22-16(23)4-3-14(21-22)15-2-1-7-25-15/h1-4,7-10H,5-6H2,(H,20,24). The van der Waals surface area contributed by atoms with Crippen LogP contribution in [-0.4, -0.2) is 22.2 Å². The van der Waals surface area contributed by atoms with Crippen molar-refractivity contribution in [3.63, 3.8) is 0 Å². The smallest absolute Gasteiger partial charge is 0.266 e. The predicted molar refractivity (Wildman–Crippen MR) is 101 cm³/mol. The quantitative estimate of drug-likeness (QED) is 0.718. The number of amides is 1. The molecule has 0 saturated carbocycles. The number of carbonyl (C=O) groups excluding carboxylic acids is 1. The Morgan fingerprint density at radius 1 is 1.16 bits per heavy atom. The Morgan fingerprint density at radius 2 is 1.92 bits per heavy atom. The van der Waals surface area contributed by atoms with E-state index in [2.05, 4.69) is 10.4 Å². The molecule has 0 unspecified atom stereocenters. The zero-order chi connectivity index (χ0) is 17.8. The molecule has 1 N–H and O–H groups in total. The number of hydrogen-bond acceptors (Lipinski definition) is 4. The molecule has 0 aliphatic carbocycles. The molecule has 1 aromatic carbocycles. The molecule has 0 spiro atoms. The number of rotatable bonds is 5. The van der Waals surface area contributed by atoms with Crippen molar-refractivity contribution >= 4 is 40.4 Å². The van der Waals surface area contributed by atoms with Gasteiger partial charge in [0.2, 0.25) is 0 Å². The highest BCUT2D eigenvalue weighted by molar-refractivity contribution is 7.13. The first-order valence-electron chi connectivity index (χ1n) is 7.39. The van der Waals surface area contributed by atoms with Crippen molar-refractivity contribution in [1.82, 2.24) is 15.1 Å². The third kappa shape index (κ3) is 4.48. The van der Waals surface area contributed by atoms with Crippen molar-refractivity contribution in [1.29, 1.82) is 0 Å². The molecular formula is C17H13Cl2N3O2S. The maximum Gasteiger partial charge on any atom is 0.266 e. The zero-order valence-electron chi connectivity index (χ0n) is 12.9. The fraction of sp³-hybridized carbons (Fsp3) is 0.118. The first-order valence-corrected chi connectivity index (χ1v) is 9.03. The lowest BCUT2D eigenvalue weighted by Crippen LogP contribution is -2.31. The molecule has 3 aromatic rings. The summed E-state index contributed by atoms with van der Waals surface area (Å²) in [7, 11) is 0. The van der Waals surface area contributed by atoms with Crippen molar-refractivity contribution < 1.29 is 4.79 Å². The predicted octanol–water partition coefficient (Wildman–Crippen LogP) is 3.71. The summed E-state index contributed by atoms with van der Waals surface area (Å²) >= 11 is 13.3. The van der Waals surface area contributed by atoms with Gasteiger partial charge in [-0.2, -0.15) is 5.10 Å². The highest BCUT2D eigenvalue weighted by atomic mass is 35.5. The Morgan fingerprint density at radius 3 is 2.60 bits per heavy atom. The van der Waals surface area contributed by atoms with Crippen LogP contribution in [0.15, 0.2) is 52.6 Å². The minimum absolute atomic E-state index is 0.222. The van der Waals surface area contributed by atoms with Crippen LogP contribution in [0.2, 0.25) is 10.0 Å². The van der Waals surface area contributed by atoms with Crippen molar-refractivity contribution in [2.24, 2.45) is 0 Å².